The van der Waals surface area contributed by atoms with Crippen molar-refractivity contribution in [1.82, 2.24) is 20.3 Å². The molecule has 0 saturated carbocycles. The van der Waals surface area contributed by atoms with Crippen LogP contribution >= 0.6 is 34.8 Å². The largest absolute Gasteiger partial charge is 0.490 e. The molecule has 0 aliphatic carbocycles. The zero-order chi connectivity index (χ0) is 25.2. The molecule has 2 N–H and O–H groups in total. The molecule has 2 aromatic carbocycles. The Morgan fingerprint density at radius 1 is 1.03 bits per heavy atom. The van der Waals surface area contributed by atoms with E-state index in [4.69, 9.17) is 49.3 Å². The van der Waals surface area contributed by atoms with Gasteiger partial charge in [0.15, 0.2) is 17.3 Å². The molecule has 0 saturated heterocycles. The number of nitrogens with one attached hydrogen (secondary N) is 2. The van der Waals surface area contributed by atoms with Crippen LogP contribution in [0, 0.1) is 0 Å². The van der Waals surface area contributed by atoms with Gasteiger partial charge in [0.2, 0.25) is 0 Å². The number of hydrogen-bond donors (Lipinski definition) is 2. The van der Waals surface area contributed by atoms with Gasteiger partial charge >= 0.3 is 0 Å². The summed E-state index contributed by atoms with van der Waals surface area (Å²) >= 11 is 18.9. The van der Waals surface area contributed by atoms with E-state index in [1.165, 1.54) is 0 Å². The minimum atomic E-state index is -0.0864. The number of rotatable bonds is 7. The summed E-state index contributed by atoms with van der Waals surface area (Å²) in [6.07, 6.45) is 2.41. The fourth-order valence-corrected chi connectivity index (χ4v) is 4.70. The SMILES string of the molecule is CCOc1cc(-c2nccc(-c3cc4c([nH]3)CCNC4=O)n2)cc(Cl)c1OCc1ccc(Cl)cc1Cl. The molecule has 0 bridgehead atoms. The van der Waals surface area contributed by atoms with Crippen molar-refractivity contribution in [2.75, 3.05) is 13.2 Å². The van der Waals surface area contributed by atoms with E-state index in [1.807, 2.05) is 13.0 Å². The zero-order valence-electron chi connectivity index (χ0n) is 19.2. The lowest BCUT2D eigenvalue weighted by atomic mass is 10.1. The van der Waals surface area contributed by atoms with Crippen LogP contribution in [0.1, 0.15) is 28.5 Å². The van der Waals surface area contributed by atoms with Crippen molar-refractivity contribution >= 4 is 40.7 Å². The van der Waals surface area contributed by atoms with Crippen LogP contribution in [0.2, 0.25) is 15.1 Å². The molecule has 4 aromatic rings. The minimum absolute atomic E-state index is 0.0864. The molecule has 10 heteroatoms. The number of fused-ring (bicyclic) bond motifs is 1. The van der Waals surface area contributed by atoms with Crippen LogP contribution < -0.4 is 14.8 Å². The molecule has 3 heterocycles. The van der Waals surface area contributed by atoms with Gasteiger partial charge in [-0.1, -0.05) is 40.9 Å². The Labute approximate surface area is 222 Å². The lowest BCUT2D eigenvalue weighted by molar-refractivity contribution is 0.0946. The van der Waals surface area contributed by atoms with Gasteiger partial charge in [0.05, 0.1) is 28.6 Å². The normalized spacial score (nSPS) is 12.7. The van der Waals surface area contributed by atoms with Crippen LogP contribution in [-0.4, -0.2) is 34.0 Å². The third kappa shape index (κ3) is 5.00. The number of benzene rings is 2. The number of nitrogens with zero attached hydrogens (tertiary/aromatic N) is 2. The predicted molar refractivity (Wildman–Crippen MR) is 140 cm³/mol. The Morgan fingerprint density at radius 3 is 2.67 bits per heavy atom. The second-order valence-electron chi connectivity index (χ2n) is 8.09. The summed E-state index contributed by atoms with van der Waals surface area (Å²) < 4.78 is 11.8. The number of carbonyl (C=O) groups excluding carboxylic acids is 1. The highest BCUT2D eigenvalue weighted by Gasteiger charge is 2.21. The Bertz CT molecular complexity index is 1450. The van der Waals surface area contributed by atoms with Gasteiger partial charge in [-0.3, -0.25) is 4.79 Å². The van der Waals surface area contributed by atoms with Gasteiger partial charge in [-0.05, 0) is 43.3 Å². The highest BCUT2D eigenvalue weighted by molar-refractivity contribution is 6.35. The van der Waals surface area contributed by atoms with Crippen LogP contribution in [0.5, 0.6) is 11.5 Å². The standard InChI is InChI=1S/C26H21Cl3N4O3/c1-2-35-23-10-15(9-19(29)24(23)36-13-14-3-4-16(27)11-18(14)28)25-30-7-6-21(33-25)22-12-17-20(32-22)5-8-31-26(17)34/h3-4,6-7,9-12,32H,2,5,8,13H2,1H3,(H,31,34). The van der Waals surface area contributed by atoms with E-state index in [2.05, 4.69) is 15.3 Å². The number of halogens is 3. The molecule has 5 rings (SSSR count). The summed E-state index contributed by atoms with van der Waals surface area (Å²) in [4.78, 5) is 24.6. The van der Waals surface area contributed by atoms with Gasteiger partial charge in [-0.25, -0.2) is 9.97 Å². The molecule has 2 aromatic heterocycles. The van der Waals surface area contributed by atoms with Crippen molar-refractivity contribution in [2.24, 2.45) is 0 Å². The lowest BCUT2D eigenvalue weighted by Gasteiger charge is -2.16. The van der Waals surface area contributed by atoms with Crippen molar-refractivity contribution in [3.05, 3.63) is 80.6 Å². The molecule has 0 atom stereocenters. The monoisotopic (exact) mass is 542 g/mol. The summed E-state index contributed by atoms with van der Waals surface area (Å²) in [5.74, 6) is 1.23. The summed E-state index contributed by atoms with van der Waals surface area (Å²) in [5.41, 5.74) is 4.38. The second kappa shape index (κ2) is 10.4. The third-order valence-electron chi connectivity index (χ3n) is 5.69. The van der Waals surface area contributed by atoms with Gasteiger partial charge in [0.1, 0.15) is 6.61 Å². The molecule has 7 nitrogen and oxygen atoms in total. The van der Waals surface area contributed by atoms with Crippen molar-refractivity contribution in [2.45, 2.75) is 20.0 Å². The Balaban J connectivity index is 1.45. The first-order chi connectivity index (χ1) is 17.4. The molecule has 184 valence electrons. The van der Waals surface area contributed by atoms with E-state index in [0.717, 1.165) is 23.4 Å². The van der Waals surface area contributed by atoms with E-state index < -0.39 is 0 Å². The van der Waals surface area contributed by atoms with E-state index in [-0.39, 0.29) is 12.5 Å². The maximum absolute atomic E-state index is 12.1. The summed E-state index contributed by atoms with van der Waals surface area (Å²) in [7, 11) is 0. The minimum Gasteiger partial charge on any atom is -0.490 e. The fraction of sp³-hybridized carbons (Fsp3) is 0.192. The molecule has 1 aliphatic heterocycles. The van der Waals surface area contributed by atoms with Crippen LogP contribution in [0.3, 0.4) is 0 Å². The number of ether oxygens (including phenoxy) is 2. The maximum atomic E-state index is 12.1. The van der Waals surface area contributed by atoms with Gasteiger partial charge in [0, 0.05) is 46.0 Å². The molecule has 1 aliphatic rings. The molecule has 0 spiro atoms. The first-order valence-corrected chi connectivity index (χ1v) is 12.4. The topological polar surface area (TPSA) is 89.1 Å². The van der Waals surface area contributed by atoms with Crippen LogP contribution in [0.15, 0.2) is 48.7 Å². The molecule has 0 radical (unpaired) electrons. The van der Waals surface area contributed by atoms with Crippen LogP contribution in [0.4, 0.5) is 0 Å². The molecule has 0 fully saturated rings. The van der Waals surface area contributed by atoms with Crippen molar-refractivity contribution in [3.63, 3.8) is 0 Å². The van der Waals surface area contributed by atoms with Crippen LogP contribution in [-0.2, 0) is 13.0 Å². The average molecular weight is 544 g/mol. The van der Waals surface area contributed by atoms with Gasteiger partial charge in [-0.15, -0.1) is 0 Å². The quantitative estimate of drug-likeness (QED) is 0.283. The molecule has 1 amide bonds. The Kier molecular flexibility index (Phi) is 7.05. The van der Waals surface area contributed by atoms with Gasteiger partial charge in [0.25, 0.3) is 5.91 Å². The van der Waals surface area contributed by atoms with Crippen molar-refractivity contribution < 1.29 is 14.3 Å². The lowest BCUT2D eigenvalue weighted by Crippen LogP contribution is -2.31. The highest BCUT2D eigenvalue weighted by Crippen LogP contribution is 2.40. The Hall–Kier alpha value is -3.26. The smallest absolute Gasteiger partial charge is 0.253 e. The fourth-order valence-electron chi connectivity index (χ4n) is 3.97. The summed E-state index contributed by atoms with van der Waals surface area (Å²) in [5, 5.41) is 4.25. The van der Waals surface area contributed by atoms with Gasteiger partial charge < -0.3 is 19.8 Å². The highest BCUT2D eigenvalue weighted by atomic mass is 35.5. The number of aromatic nitrogens is 3. The number of amides is 1. The Morgan fingerprint density at radius 2 is 1.89 bits per heavy atom. The number of H-pyrrole nitrogens is 1. The molecular weight excluding hydrogens is 523 g/mol. The number of aromatic amines is 1. The predicted octanol–water partition coefficient (Wildman–Crippen LogP) is 6.36. The zero-order valence-corrected chi connectivity index (χ0v) is 21.5. The first-order valence-electron chi connectivity index (χ1n) is 11.3. The van der Waals surface area contributed by atoms with Crippen molar-refractivity contribution in [1.29, 1.82) is 0 Å². The molecular formula is C26H21Cl3N4O3. The van der Waals surface area contributed by atoms with Crippen LogP contribution in [0.25, 0.3) is 22.8 Å². The summed E-state index contributed by atoms with van der Waals surface area (Å²) in [6, 6.07) is 12.3. The second-order valence-corrected chi connectivity index (χ2v) is 9.34. The van der Waals surface area contributed by atoms with Crippen molar-refractivity contribution in [3.8, 4) is 34.3 Å². The average Bonchev–Trinajstić information content (AvgIpc) is 3.31. The first kappa shape index (κ1) is 24.4. The third-order valence-corrected chi connectivity index (χ3v) is 6.56. The number of hydrogen-bond acceptors (Lipinski definition) is 5. The van der Waals surface area contributed by atoms with E-state index >= 15 is 0 Å². The maximum Gasteiger partial charge on any atom is 0.253 e. The van der Waals surface area contributed by atoms with E-state index in [9.17, 15) is 4.79 Å². The van der Waals surface area contributed by atoms with Gasteiger partial charge in [-0.2, -0.15) is 0 Å². The molecule has 36 heavy (non-hydrogen) atoms. The van der Waals surface area contributed by atoms with E-state index in [0.29, 0.717) is 62.4 Å². The van der Waals surface area contributed by atoms with E-state index in [1.54, 1.807) is 42.6 Å². The number of carbonyl (C=O) groups is 1. The molecule has 0 unspecified atom stereocenters. The summed E-state index contributed by atoms with van der Waals surface area (Å²) in [6.45, 7) is 3.08.